The van der Waals surface area contributed by atoms with Gasteiger partial charge in [0, 0.05) is 0 Å². The predicted molar refractivity (Wildman–Crippen MR) is 56.3 cm³/mol. The molecule has 0 aliphatic heterocycles. The first-order chi connectivity index (χ1) is 8.08. The Labute approximate surface area is 96.8 Å². The fourth-order valence-corrected chi connectivity index (χ4v) is 1.19. The second-order valence-corrected chi connectivity index (χ2v) is 3.03. The first-order valence-electron chi connectivity index (χ1n) is 4.63. The Morgan fingerprint density at radius 2 is 2.00 bits per heavy atom. The molecule has 0 radical (unpaired) electrons. The molecule has 0 aliphatic carbocycles. The van der Waals surface area contributed by atoms with Crippen molar-refractivity contribution >= 4 is 18.2 Å². The number of carboxylic acid groups (broad SMARTS) is 1. The van der Waals surface area contributed by atoms with Crippen molar-refractivity contribution in [1.29, 1.82) is 0 Å². The SMILES string of the molecule is COc1cccc(OC(=O)CC(=O)O)c1C=O. The molecule has 1 aromatic carbocycles. The van der Waals surface area contributed by atoms with Crippen molar-refractivity contribution in [2.75, 3.05) is 7.11 Å². The van der Waals surface area contributed by atoms with Gasteiger partial charge in [0.1, 0.15) is 17.9 Å². The molecule has 0 amide bonds. The summed E-state index contributed by atoms with van der Waals surface area (Å²) in [6.45, 7) is 0. The third-order valence-electron chi connectivity index (χ3n) is 1.88. The van der Waals surface area contributed by atoms with Crippen molar-refractivity contribution in [1.82, 2.24) is 0 Å². The molecule has 0 aromatic heterocycles. The Kier molecular flexibility index (Phi) is 4.21. The molecule has 0 saturated carbocycles. The van der Waals surface area contributed by atoms with Gasteiger partial charge in [-0.3, -0.25) is 14.4 Å². The van der Waals surface area contributed by atoms with Crippen LogP contribution >= 0.6 is 0 Å². The lowest BCUT2D eigenvalue weighted by Gasteiger charge is -2.08. The quantitative estimate of drug-likeness (QED) is 0.354. The molecule has 0 spiro atoms. The third-order valence-corrected chi connectivity index (χ3v) is 1.88. The average Bonchev–Trinajstić information content (AvgIpc) is 2.27. The van der Waals surface area contributed by atoms with E-state index in [0.29, 0.717) is 6.29 Å². The maximum atomic E-state index is 11.1. The fourth-order valence-electron chi connectivity index (χ4n) is 1.19. The number of carbonyl (C=O) groups excluding carboxylic acids is 2. The average molecular weight is 238 g/mol. The number of rotatable bonds is 5. The summed E-state index contributed by atoms with van der Waals surface area (Å²) in [5.74, 6) is -2.02. The smallest absolute Gasteiger partial charge is 0.322 e. The van der Waals surface area contributed by atoms with Crippen LogP contribution in [-0.4, -0.2) is 30.4 Å². The lowest BCUT2D eigenvalue weighted by atomic mass is 10.2. The fraction of sp³-hybridized carbons (Fsp3) is 0.182. The first kappa shape index (κ1) is 12.7. The van der Waals surface area contributed by atoms with Crippen LogP contribution < -0.4 is 9.47 Å². The summed E-state index contributed by atoms with van der Waals surface area (Å²) in [5, 5.41) is 8.39. The maximum absolute atomic E-state index is 11.1. The number of carboxylic acids is 1. The predicted octanol–water partition coefficient (Wildman–Crippen LogP) is 0.888. The van der Waals surface area contributed by atoms with E-state index in [2.05, 4.69) is 0 Å². The largest absolute Gasteiger partial charge is 0.496 e. The first-order valence-corrected chi connectivity index (χ1v) is 4.63. The van der Waals surface area contributed by atoms with Gasteiger partial charge in [-0.15, -0.1) is 0 Å². The molecule has 0 heterocycles. The van der Waals surface area contributed by atoms with Gasteiger partial charge in [-0.05, 0) is 12.1 Å². The van der Waals surface area contributed by atoms with E-state index in [1.165, 1.54) is 25.3 Å². The van der Waals surface area contributed by atoms with E-state index >= 15 is 0 Å². The zero-order valence-electron chi connectivity index (χ0n) is 9.00. The van der Waals surface area contributed by atoms with E-state index in [9.17, 15) is 14.4 Å². The number of aldehydes is 1. The van der Waals surface area contributed by atoms with E-state index in [4.69, 9.17) is 14.6 Å². The van der Waals surface area contributed by atoms with Gasteiger partial charge in [0.05, 0.1) is 12.7 Å². The number of methoxy groups -OCH3 is 1. The van der Waals surface area contributed by atoms with Crippen LogP contribution in [-0.2, 0) is 9.59 Å². The lowest BCUT2D eigenvalue weighted by Crippen LogP contribution is -2.14. The Bertz CT molecular complexity index is 451. The van der Waals surface area contributed by atoms with Crippen LogP contribution in [0.25, 0.3) is 0 Å². The highest BCUT2D eigenvalue weighted by Gasteiger charge is 2.15. The lowest BCUT2D eigenvalue weighted by molar-refractivity contribution is -0.145. The van der Waals surface area contributed by atoms with E-state index in [-0.39, 0.29) is 17.1 Å². The van der Waals surface area contributed by atoms with Gasteiger partial charge in [-0.2, -0.15) is 0 Å². The molecule has 90 valence electrons. The van der Waals surface area contributed by atoms with E-state index in [1.807, 2.05) is 0 Å². The van der Waals surface area contributed by atoms with Crippen molar-refractivity contribution in [2.24, 2.45) is 0 Å². The Hall–Kier alpha value is -2.37. The van der Waals surface area contributed by atoms with Crippen LogP contribution in [0.15, 0.2) is 18.2 Å². The molecule has 0 atom stereocenters. The number of hydrogen-bond donors (Lipinski definition) is 1. The van der Waals surface area contributed by atoms with Crippen molar-refractivity contribution in [3.8, 4) is 11.5 Å². The number of aliphatic carboxylic acids is 1. The standard InChI is InChI=1S/C11H10O6/c1-16-8-3-2-4-9(7(8)6-12)17-11(15)5-10(13)14/h2-4,6H,5H2,1H3,(H,13,14). The Balaban J connectivity index is 2.94. The van der Waals surface area contributed by atoms with Gasteiger partial charge in [0.2, 0.25) is 0 Å². The Morgan fingerprint density at radius 1 is 1.35 bits per heavy atom. The molecule has 17 heavy (non-hydrogen) atoms. The molecule has 0 bridgehead atoms. The number of ether oxygens (including phenoxy) is 2. The normalized spacial score (nSPS) is 9.47. The third kappa shape index (κ3) is 3.30. The molecule has 0 unspecified atom stereocenters. The second-order valence-electron chi connectivity index (χ2n) is 3.03. The topological polar surface area (TPSA) is 89.9 Å². The van der Waals surface area contributed by atoms with Crippen LogP contribution in [0.1, 0.15) is 16.8 Å². The number of esters is 1. The summed E-state index contributed by atoms with van der Waals surface area (Å²) in [4.78, 5) is 32.2. The molecular formula is C11H10O6. The highest BCUT2D eigenvalue weighted by molar-refractivity contribution is 5.92. The van der Waals surface area contributed by atoms with Crippen LogP contribution in [0.3, 0.4) is 0 Å². The van der Waals surface area contributed by atoms with E-state index < -0.39 is 18.4 Å². The summed E-state index contributed by atoms with van der Waals surface area (Å²) < 4.78 is 9.66. The molecule has 1 rings (SSSR count). The van der Waals surface area contributed by atoms with Crippen LogP contribution in [0.5, 0.6) is 11.5 Å². The van der Waals surface area contributed by atoms with Gasteiger partial charge >= 0.3 is 11.9 Å². The highest BCUT2D eigenvalue weighted by Crippen LogP contribution is 2.26. The van der Waals surface area contributed by atoms with E-state index in [0.717, 1.165) is 0 Å². The van der Waals surface area contributed by atoms with Crippen molar-refractivity contribution in [3.63, 3.8) is 0 Å². The summed E-state index contributed by atoms with van der Waals surface area (Å²) >= 11 is 0. The zero-order valence-corrected chi connectivity index (χ0v) is 9.00. The summed E-state index contributed by atoms with van der Waals surface area (Å²) in [6.07, 6.45) is -0.294. The molecule has 6 heteroatoms. The van der Waals surface area contributed by atoms with Crippen LogP contribution in [0.2, 0.25) is 0 Å². The molecule has 1 N–H and O–H groups in total. The van der Waals surface area contributed by atoms with Gasteiger partial charge in [0.15, 0.2) is 6.29 Å². The highest BCUT2D eigenvalue weighted by atomic mass is 16.5. The molecule has 0 saturated heterocycles. The van der Waals surface area contributed by atoms with Crippen LogP contribution in [0.4, 0.5) is 0 Å². The molecule has 0 fully saturated rings. The van der Waals surface area contributed by atoms with Gasteiger partial charge < -0.3 is 14.6 Å². The summed E-state index contributed by atoms with van der Waals surface area (Å²) in [6, 6.07) is 4.43. The minimum absolute atomic E-state index is 0.0226. The van der Waals surface area contributed by atoms with Crippen LogP contribution in [0, 0.1) is 0 Å². The van der Waals surface area contributed by atoms with Crippen molar-refractivity contribution < 1.29 is 29.0 Å². The van der Waals surface area contributed by atoms with E-state index in [1.54, 1.807) is 0 Å². The molecule has 0 aliphatic rings. The Morgan fingerprint density at radius 3 is 2.53 bits per heavy atom. The summed E-state index contributed by atoms with van der Waals surface area (Å²) in [5.41, 5.74) is 0.0636. The molecule has 6 nitrogen and oxygen atoms in total. The monoisotopic (exact) mass is 238 g/mol. The van der Waals surface area contributed by atoms with Crippen molar-refractivity contribution in [2.45, 2.75) is 6.42 Å². The van der Waals surface area contributed by atoms with Crippen molar-refractivity contribution in [3.05, 3.63) is 23.8 Å². The minimum Gasteiger partial charge on any atom is -0.496 e. The maximum Gasteiger partial charge on any atom is 0.322 e. The number of carbonyl (C=O) groups is 3. The van der Waals surface area contributed by atoms with Gasteiger partial charge in [-0.25, -0.2) is 0 Å². The minimum atomic E-state index is -1.30. The van der Waals surface area contributed by atoms with Gasteiger partial charge in [0.25, 0.3) is 0 Å². The zero-order chi connectivity index (χ0) is 12.8. The molecule has 1 aromatic rings. The molecular weight excluding hydrogens is 228 g/mol. The number of benzene rings is 1. The van der Waals surface area contributed by atoms with Gasteiger partial charge in [-0.1, -0.05) is 6.07 Å². The second kappa shape index (κ2) is 5.64. The number of hydrogen-bond acceptors (Lipinski definition) is 5. The summed E-state index contributed by atoms with van der Waals surface area (Å²) in [7, 11) is 1.37.